The molecule has 0 bridgehead atoms. The van der Waals surface area contributed by atoms with Crippen molar-refractivity contribution >= 4 is 34.8 Å². The fourth-order valence-electron chi connectivity index (χ4n) is 3.87. The Morgan fingerprint density at radius 1 is 1.15 bits per heavy atom. The Labute approximate surface area is 163 Å². The summed E-state index contributed by atoms with van der Waals surface area (Å²) in [6, 6.07) is 13.1. The van der Waals surface area contributed by atoms with Crippen LogP contribution in [0.1, 0.15) is 36.8 Å². The second-order valence-electron chi connectivity index (χ2n) is 7.44. The minimum Gasteiger partial charge on any atom is -0.324 e. The summed E-state index contributed by atoms with van der Waals surface area (Å²) in [4.78, 5) is 26.5. The van der Waals surface area contributed by atoms with E-state index in [0.717, 1.165) is 48.2 Å². The molecule has 0 unspecified atom stereocenters. The molecule has 4 rings (SSSR count). The van der Waals surface area contributed by atoms with Gasteiger partial charge in [0.2, 0.25) is 11.8 Å². The maximum Gasteiger partial charge on any atom is 0.244 e. The SMILES string of the molecule is NC1(C(=O)Nc2ccc(CN3C(=O)Cc4ccc(Cl)cc43)cc2)CCCC1. The van der Waals surface area contributed by atoms with E-state index in [1.165, 1.54) is 0 Å². The van der Waals surface area contributed by atoms with Crippen LogP contribution in [0.5, 0.6) is 0 Å². The first-order valence-electron chi connectivity index (χ1n) is 9.23. The Kier molecular flexibility index (Phi) is 4.66. The van der Waals surface area contributed by atoms with Crippen LogP contribution >= 0.6 is 11.6 Å². The molecule has 27 heavy (non-hydrogen) atoms. The lowest BCUT2D eigenvalue weighted by molar-refractivity contribution is -0.121. The zero-order valence-electron chi connectivity index (χ0n) is 15.0. The molecule has 0 aromatic heterocycles. The van der Waals surface area contributed by atoms with Crippen molar-refractivity contribution < 1.29 is 9.59 Å². The number of fused-ring (bicyclic) bond motifs is 1. The topological polar surface area (TPSA) is 75.4 Å². The van der Waals surface area contributed by atoms with Crippen LogP contribution in [-0.4, -0.2) is 17.4 Å². The van der Waals surface area contributed by atoms with Crippen molar-refractivity contribution in [2.75, 3.05) is 10.2 Å². The summed E-state index contributed by atoms with van der Waals surface area (Å²) in [7, 11) is 0. The summed E-state index contributed by atoms with van der Waals surface area (Å²) < 4.78 is 0. The van der Waals surface area contributed by atoms with Gasteiger partial charge in [0.25, 0.3) is 0 Å². The Balaban J connectivity index is 1.45. The lowest BCUT2D eigenvalue weighted by Crippen LogP contribution is -2.48. The molecule has 5 nitrogen and oxygen atoms in total. The average Bonchev–Trinajstić information content (AvgIpc) is 3.22. The summed E-state index contributed by atoms with van der Waals surface area (Å²) in [5.41, 5.74) is 9.02. The van der Waals surface area contributed by atoms with Crippen molar-refractivity contribution in [2.45, 2.75) is 44.2 Å². The number of rotatable bonds is 4. The zero-order chi connectivity index (χ0) is 19.0. The van der Waals surface area contributed by atoms with Gasteiger partial charge >= 0.3 is 0 Å². The van der Waals surface area contributed by atoms with Crippen molar-refractivity contribution in [3.8, 4) is 0 Å². The molecule has 0 spiro atoms. The maximum absolute atomic E-state index is 12.4. The molecule has 0 atom stereocenters. The van der Waals surface area contributed by atoms with E-state index in [1.807, 2.05) is 42.5 Å². The van der Waals surface area contributed by atoms with Crippen molar-refractivity contribution in [1.82, 2.24) is 0 Å². The fourth-order valence-corrected chi connectivity index (χ4v) is 4.03. The van der Waals surface area contributed by atoms with Gasteiger partial charge in [0.15, 0.2) is 0 Å². The highest BCUT2D eigenvalue weighted by molar-refractivity contribution is 6.31. The molecule has 6 heteroatoms. The molecule has 1 fully saturated rings. The Morgan fingerprint density at radius 2 is 1.85 bits per heavy atom. The molecule has 2 aromatic carbocycles. The largest absolute Gasteiger partial charge is 0.324 e. The Morgan fingerprint density at radius 3 is 2.56 bits per heavy atom. The highest BCUT2D eigenvalue weighted by atomic mass is 35.5. The second-order valence-corrected chi connectivity index (χ2v) is 7.88. The number of carbonyl (C=O) groups excluding carboxylic acids is 2. The van der Waals surface area contributed by atoms with Gasteiger partial charge in [0.05, 0.1) is 18.5 Å². The number of carbonyl (C=O) groups is 2. The third-order valence-corrected chi connectivity index (χ3v) is 5.72. The van der Waals surface area contributed by atoms with E-state index < -0.39 is 5.54 Å². The highest BCUT2D eigenvalue weighted by Crippen LogP contribution is 2.33. The van der Waals surface area contributed by atoms with Crippen molar-refractivity contribution in [2.24, 2.45) is 5.73 Å². The van der Waals surface area contributed by atoms with Gasteiger partial charge in [0.1, 0.15) is 0 Å². The zero-order valence-corrected chi connectivity index (χ0v) is 15.8. The quantitative estimate of drug-likeness (QED) is 0.846. The summed E-state index contributed by atoms with van der Waals surface area (Å²) in [5.74, 6) is -0.0537. The van der Waals surface area contributed by atoms with E-state index >= 15 is 0 Å². The van der Waals surface area contributed by atoms with Crippen LogP contribution in [0, 0.1) is 0 Å². The summed E-state index contributed by atoms with van der Waals surface area (Å²) in [5, 5.41) is 3.53. The van der Waals surface area contributed by atoms with Crippen LogP contribution in [0.4, 0.5) is 11.4 Å². The fraction of sp³-hybridized carbons (Fsp3) is 0.333. The van der Waals surface area contributed by atoms with Crippen LogP contribution in [0.3, 0.4) is 0 Å². The van der Waals surface area contributed by atoms with Gasteiger partial charge in [-0.3, -0.25) is 9.59 Å². The molecule has 1 aliphatic carbocycles. The third kappa shape index (κ3) is 3.57. The average molecular weight is 384 g/mol. The van der Waals surface area contributed by atoms with E-state index in [2.05, 4.69) is 5.32 Å². The van der Waals surface area contributed by atoms with Crippen molar-refractivity contribution in [3.05, 3.63) is 58.6 Å². The molecule has 0 radical (unpaired) electrons. The normalized spacial score (nSPS) is 17.9. The first-order valence-corrected chi connectivity index (χ1v) is 9.60. The highest BCUT2D eigenvalue weighted by Gasteiger charge is 2.37. The number of anilines is 2. The minimum atomic E-state index is -0.746. The monoisotopic (exact) mass is 383 g/mol. The first-order chi connectivity index (χ1) is 12.9. The predicted octanol–water partition coefficient (Wildman–Crippen LogP) is 3.64. The van der Waals surface area contributed by atoms with Gasteiger partial charge in [-0.05, 0) is 48.2 Å². The van der Waals surface area contributed by atoms with E-state index in [4.69, 9.17) is 17.3 Å². The van der Waals surface area contributed by atoms with Gasteiger partial charge in [-0.2, -0.15) is 0 Å². The van der Waals surface area contributed by atoms with Crippen molar-refractivity contribution in [1.29, 1.82) is 0 Å². The molecule has 2 amide bonds. The molecule has 1 heterocycles. The van der Waals surface area contributed by atoms with Crippen molar-refractivity contribution in [3.63, 3.8) is 0 Å². The number of halogens is 1. The van der Waals surface area contributed by atoms with E-state index in [1.54, 1.807) is 4.90 Å². The Hall–Kier alpha value is -2.37. The maximum atomic E-state index is 12.4. The van der Waals surface area contributed by atoms with Crippen LogP contribution in [0.25, 0.3) is 0 Å². The number of nitrogens with zero attached hydrogens (tertiary/aromatic N) is 1. The molecule has 0 saturated heterocycles. The molecule has 1 aliphatic heterocycles. The van der Waals surface area contributed by atoms with Crippen LogP contribution in [-0.2, 0) is 22.6 Å². The molecular weight excluding hydrogens is 362 g/mol. The van der Waals surface area contributed by atoms with Gasteiger partial charge in [-0.1, -0.05) is 42.6 Å². The van der Waals surface area contributed by atoms with Gasteiger partial charge in [0, 0.05) is 16.4 Å². The number of hydrogen-bond donors (Lipinski definition) is 2. The molecule has 2 aromatic rings. The van der Waals surface area contributed by atoms with Gasteiger partial charge in [-0.15, -0.1) is 0 Å². The molecule has 140 valence electrons. The summed E-state index contributed by atoms with van der Waals surface area (Å²) in [6.45, 7) is 0.473. The third-order valence-electron chi connectivity index (χ3n) is 5.48. The first kappa shape index (κ1) is 18.0. The summed E-state index contributed by atoms with van der Waals surface area (Å²) in [6.07, 6.45) is 3.86. The molecule has 3 N–H and O–H groups in total. The Bertz CT molecular complexity index is 889. The molecule has 2 aliphatic rings. The second kappa shape index (κ2) is 6.98. The lowest BCUT2D eigenvalue weighted by Gasteiger charge is -2.22. The number of benzene rings is 2. The molecular formula is C21H22ClN3O2. The number of hydrogen-bond acceptors (Lipinski definition) is 3. The van der Waals surface area contributed by atoms with Crippen LogP contribution in [0.15, 0.2) is 42.5 Å². The number of nitrogens with two attached hydrogens (primary N) is 1. The predicted molar refractivity (Wildman–Crippen MR) is 107 cm³/mol. The van der Waals surface area contributed by atoms with Gasteiger partial charge in [-0.25, -0.2) is 0 Å². The van der Waals surface area contributed by atoms with E-state index in [9.17, 15) is 9.59 Å². The smallest absolute Gasteiger partial charge is 0.244 e. The van der Waals surface area contributed by atoms with Crippen LogP contribution < -0.4 is 16.0 Å². The van der Waals surface area contributed by atoms with Gasteiger partial charge < -0.3 is 16.0 Å². The van der Waals surface area contributed by atoms with E-state index in [0.29, 0.717) is 18.0 Å². The van der Waals surface area contributed by atoms with Crippen LogP contribution in [0.2, 0.25) is 5.02 Å². The van der Waals surface area contributed by atoms with E-state index in [-0.39, 0.29) is 11.8 Å². The summed E-state index contributed by atoms with van der Waals surface area (Å²) >= 11 is 6.09. The lowest BCUT2D eigenvalue weighted by atomic mass is 9.98. The molecule has 1 saturated carbocycles. The standard InChI is InChI=1S/C21H22ClN3O2/c22-16-6-5-15-11-19(26)25(18(15)12-16)13-14-3-7-17(8-4-14)24-20(27)21(23)9-1-2-10-21/h3-8,12H,1-2,9-11,13,23H2,(H,24,27). The minimum absolute atomic E-state index is 0.0657. The number of nitrogens with one attached hydrogen (secondary N) is 1. The number of amides is 2.